The number of hydrogen-bond acceptors (Lipinski definition) is 2. The zero-order chi connectivity index (χ0) is 9.38. The Bertz CT molecular complexity index is 412. The predicted octanol–water partition coefficient (Wildman–Crippen LogP) is 2.23. The molecular weight excluding hydrogens is 192 g/mol. The molecule has 0 unspecified atom stereocenters. The lowest BCUT2D eigenvalue weighted by atomic mass is 10.3. The Labute approximate surface area is 87.1 Å². The summed E-state index contributed by atoms with van der Waals surface area (Å²) < 4.78 is 0. The molecule has 3 heteroatoms. The number of aromatic nitrogens is 1. The van der Waals surface area contributed by atoms with Gasteiger partial charge in [-0.25, -0.2) is 0 Å². The maximum absolute atomic E-state index is 3.43. The second kappa shape index (κ2) is 3.33. The Hall–Kier alpha value is -0.930. The summed E-state index contributed by atoms with van der Waals surface area (Å²) >= 11 is 1.94. The van der Waals surface area contributed by atoms with Crippen LogP contribution in [0.5, 0.6) is 0 Å². The van der Waals surface area contributed by atoms with Gasteiger partial charge >= 0.3 is 0 Å². The van der Waals surface area contributed by atoms with Gasteiger partial charge in [-0.2, -0.15) is 0 Å². The molecule has 1 aromatic carbocycles. The summed E-state index contributed by atoms with van der Waals surface area (Å²) in [5.41, 5.74) is 1.24. The fraction of sp³-hybridized carbons (Fsp3) is 0.273. The Morgan fingerprint density at radius 1 is 1.21 bits per heavy atom. The minimum atomic E-state index is 0.753. The van der Waals surface area contributed by atoms with E-state index in [0.29, 0.717) is 0 Å². The molecule has 1 aliphatic heterocycles. The summed E-state index contributed by atoms with van der Waals surface area (Å²) in [5.74, 6) is 0. The lowest BCUT2D eigenvalue weighted by Crippen LogP contribution is -2.44. The van der Waals surface area contributed by atoms with Crippen LogP contribution in [0.3, 0.4) is 0 Å². The Kier molecular flexibility index (Phi) is 2.00. The maximum Gasteiger partial charge on any atom is 0.0736 e. The summed E-state index contributed by atoms with van der Waals surface area (Å²) in [4.78, 5) is 3.43. The molecule has 2 nitrogen and oxygen atoms in total. The van der Waals surface area contributed by atoms with E-state index in [1.165, 1.54) is 15.9 Å². The molecular formula is C11H12N2S. The third-order valence-electron chi connectivity index (χ3n) is 2.54. The quantitative estimate of drug-likeness (QED) is 0.785. The van der Waals surface area contributed by atoms with Crippen molar-refractivity contribution in [3.63, 3.8) is 0 Å². The van der Waals surface area contributed by atoms with Crippen LogP contribution < -0.4 is 5.32 Å². The first-order valence-corrected chi connectivity index (χ1v) is 5.75. The fourth-order valence-corrected chi connectivity index (χ4v) is 2.76. The highest BCUT2D eigenvalue weighted by atomic mass is 32.2. The molecule has 1 aromatic heterocycles. The molecule has 1 aliphatic rings. The molecule has 0 amide bonds. The number of para-hydroxylation sites is 1. The number of nitrogens with one attached hydrogen (secondary N) is 2. The van der Waals surface area contributed by atoms with Crippen molar-refractivity contribution < 1.29 is 0 Å². The highest BCUT2D eigenvalue weighted by Crippen LogP contribution is 2.27. The van der Waals surface area contributed by atoms with Gasteiger partial charge in [-0.1, -0.05) is 18.2 Å². The van der Waals surface area contributed by atoms with Gasteiger partial charge in [-0.15, -0.1) is 11.8 Å². The normalized spacial score (nSPS) is 17.1. The van der Waals surface area contributed by atoms with Crippen LogP contribution in [0.25, 0.3) is 10.9 Å². The second-order valence-corrected chi connectivity index (χ2v) is 4.96. The first kappa shape index (κ1) is 8.38. The number of rotatable bonds is 2. The monoisotopic (exact) mass is 204 g/mol. The molecule has 0 bridgehead atoms. The molecule has 1 saturated heterocycles. The van der Waals surface area contributed by atoms with Crippen molar-refractivity contribution in [3.05, 3.63) is 30.3 Å². The molecule has 0 atom stereocenters. The first-order valence-electron chi connectivity index (χ1n) is 4.87. The van der Waals surface area contributed by atoms with E-state index in [-0.39, 0.29) is 0 Å². The summed E-state index contributed by atoms with van der Waals surface area (Å²) in [7, 11) is 0. The Balaban J connectivity index is 1.89. The van der Waals surface area contributed by atoms with Crippen molar-refractivity contribution in [3.8, 4) is 0 Å². The van der Waals surface area contributed by atoms with Crippen LogP contribution in [-0.4, -0.2) is 23.3 Å². The van der Waals surface area contributed by atoms with Crippen LogP contribution in [0.15, 0.2) is 35.4 Å². The lowest BCUT2D eigenvalue weighted by molar-refractivity contribution is 0.543. The first-order chi connectivity index (χ1) is 6.92. The Morgan fingerprint density at radius 2 is 2.07 bits per heavy atom. The minimum Gasteiger partial charge on any atom is -0.350 e. The number of aromatic amines is 1. The topological polar surface area (TPSA) is 27.8 Å². The average Bonchev–Trinajstić information content (AvgIpc) is 2.53. The highest BCUT2D eigenvalue weighted by molar-refractivity contribution is 8.00. The van der Waals surface area contributed by atoms with E-state index in [1.807, 2.05) is 11.8 Å². The van der Waals surface area contributed by atoms with Gasteiger partial charge in [0.05, 0.1) is 5.03 Å². The van der Waals surface area contributed by atoms with Gasteiger partial charge in [0, 0.05) is 29.2 Å². The second-order valence-electron chi connectivity index (χ2n) is 3.62. The van der Waals surface area contributed by atoms with E-state index in [0.717, 1.165) is 18.3 Å². The standard InChI is InChI=1S/C11H12N2S/c1-2-4-10-8(3-1)5-11(13-10)14-9-6-12-7-9/h1-5,9,12-13H,6-7H2. The van der Waals surface area contributed by atoms with Gasteiger partial charge in [0.1, 0.15) is 0 Å². The van der Waals surface area contributed by atoms with Gasteiger partial charge in [0.15, 0.2) is 0 Å². The van der Waals surface area contributed by atoms with E-state index >= 15 is 0 Å². The molecule has 0 saturated carbocycles. The van der Waals surface area contributed by atoms with Crippen molar-refractivity contribution >= 4 is 22.7 Å². The fourth-order valence-electron chi connectivity index (χ4n) is 1.64. The average molecular weight is 204 g/mol. The third kappa shape index (κ3) is 1.42. The number of benzene rings is 1. The van der Waals surface area contributed by atoms with E-state index in [2.05, 4.69) is 40.6 Å². The maximum atomic E-state index is 3.43. The van der Waals surface area contributed by atoms with Crippen molar-refractivity contribution in [1.29, 1.82) is 0 Å². The summed E-state index contributed by atoms with van der Waals surface area (Å²) in [5, 5.41) is 6.63. The smallest absolute Gasteiger partial charge is 0.0736 e. The molecule has 0 radical (unpaired) electrons. The van der Waals surface area contributed by atoms with E-state index in [9.17, 15) is 0 Å². The van der Waals surface area contributed by atoms with Crippen molar-refractivity contribution in [2.45, 2.75) is 10.3 Å². The van der Waals surface area contributed by atoms with Crippen LogP contribution in [0.4, 0.5) is 0 Å². The van der Waals surface area contributed by atoms with Gasteiger partial charge in [-0.3, -0.25) is 0 Å². The zero-order valence-corrected chi connectivity index (χ0v) is 8.60. The predicted molar refractivity (Wildman–Crippen MR) is 60.8 cm³/mol. The third-order valence-corrected chi connectivity index (χ3v) is 3.68. The molecule has 3 rings (SSSR count). The SMILES string of the molecule is c1ccc2[nH]c(SC3CNC3)cc2c1. The Morgan fingerprint density at radius 3 is 2.79 bits per heavy atom. The molecule has 2 heterocycles. The van der Waals surface area contributed by atoms with Crippen molar-refractivity contribution in [2.75, 3.05) is 13.1 Å². The van der Waals surface area contributed by atoms with E-state index in [1.54, 1.807) is 0 Å². The van der Waals surface area contributed by atoms with E-state index in [4.69, 9.17) is 0 Å². The van der Waals surface area contributed by atoms with Gasteiger partial charge in [0.2, 0.25) is 0 Å². The number of fused-ring (bicyclic) bond motifs is 1. The lowest BCUT2D eigenvalue weighted by Gasteiger charge is -2.25. The molecule has 2 aromatic rings. The summed E-state index contributed by atoms with van der Waals surface area (Å²) in [6, 6.07) is 10.7. The van der Waals surface area contributed by atoms with Crippen LogP contribution in [-0.2, 0) is 0 Å². The van der Waals surface area contributed by atoms with Gasteiger partial charge < -0.3 is 10.3 Å². The van der Waals surface area contributed by atoms with Gasteiger partial charge in [0.25, 0.3) is 0 Å². The summed E-state index contributed by atoms with van der Waals surface area (Å²) in [6.45, 7) is 2.28. The number of H-pyrrole nitrogens is 1. The zero-order valence-electron chi connectivity index (χ0n) is 7.79. The largest absolute Gasteiger partial charge is 0.350 e. The van der Waals surface area contributed by atoms with Crippen LogP contribution >= 0.6 is 11.8 Å². The molecule has 2 N–H and O–H groups in total. The summed E-state index contributed by atoms with van der Waals surface area (Å²) in [6.07, 6.45) is 0. The molecule has 1 fully saturated rings. The van der Waals surface area contributed by atoms with Crippen molar-refractivity contribution in [1.82, 2.24) is 10.3 Å². The highest BCUT2D eigenvalue weighted by Gasteiger charge is 2.18. The molecule has 14 heavy (non-hydrogen) atoms. The minimum absolute atomic E-state index is 0.753. The number of hydrogen-bond donors (Lipinski definition) is 2. The van der Waals surface area contributed by atoms with E-state index < -0.39 is 0 Å². The van der Waals surface area contributed by atoms with Crippen LogP contribution in [0, 0.1) is 0 Å². The molecule has 72 valence electrons. The van der Waals surface area contributed by atoms with Crippen molar-refractivity contribution in [2.24, 2.45) is 0 Å². The van der Waals surface area contributed by atoms with Crippen LogP contribution in [0.1, 0.15) is 0 Å². The molecule has 0 aliphatic carbocycles. The van der Waals surface area contributed by atoms with Gasteiger partial charge in [-0.05, 0) is 12.1 Å². The van der Waals surface area contributed by atoms with Crippen LogP contribution in [0.2, 0.25) is 0 Å². The molecule has 0 spiro atoms. The number of thioether (sulfide) groups is 1.